The molecule has 0 spiro atoms. The van der Waals surface area contributed by atoms with Gasteiger partial charge in [0.2, 0.25) is 0 Å². The van der Waals surface area contributed by atoms with Gasteiger partial charge in [-0.15, -0.1) is 0 Å². The van der Waals surface area contributed by atoms with E-state index in [-0.39, 0.29) is 11.8 Å². The van der Waals surface area contributed by atoms with Crippen molar-refractivity contribution in [2.75, 3.05) is 6.54 Å². The van der Waals surface area contributed by atoms with Crippen LogP contribution in [0.1, 0.15) is 30.9 Å². The minimum atomic E-state index is -0.180. The molecule has 3 nitrogen and oxygen atoms in total. The average Bonchev–Trinajstić information content (AvgIpc) is 2.85. The predicted octanol–water partition coefficient (Wildman–Crippen LogP) is 4.67. The molecule has 0 saturated carbocycles. The number of amides is 2. The van der Waals surface area contributed by atoms with Gasteiger partial charge in [-0.1, -0.05) is 73.1 Å². The first kappa shape index (κ1) is 17.5. The van der Waals surface area contributed by atoms with Gasteiger partial charge < -0.3 is 0 Å². The minimum Gasteiger partial charge on any atom is -0.274 e. The molecule has 2 amide bonds. The molecule has 4 heteroatoms. The summed E-state index contributed by atoms with van der Waals surface area (Å²) in [7, 11) is 0. The number of hydrogen-bond acceptors (Lipinski definition) is 3. The van der Waals surface area contributed by atoms with Gasteiger partial charge in [0.1, 0.15) is 0 Å². The third kappa shape index (κ3) is 3.69. The molecule has 1 heterocycles. The number of carbonyl (C=O) groups is 2. The zero-order valence-corrected chi connectivity index (χ0v) is 15.3. The standard InChI is InChI=1S/C21H21NO2S/c1-3-4-14-22-20(23)18(16-12-10-15(2)11-13-16)19(21(22)24)25-17-8-6-5-7-9-17/h5-13H,3-4,14H2,1-2H3. The number of carbonyl (C=O) groups excluding carboxylic acids is 2. The van der Waals surface area contributed by atoms with Crippen molar-refractivity contribution in [2.24, 2.45) is 0 Å². The summed E-state index contributed by atoms with van der Waals surface area (Å²) in [6.45, 7) is 4.54. The summed E-state index contributed by atoms with van der Waals surface area (Å²) in [4.78, 5) is 28.7. The molecule has 0 N–H and O–H groups in total. The van der Waals surface area contributed by atoms with E-state index >= 15 is 0 Å². The lowest BCUT2D eigenvalue weighted by atomic mass is 10.0. The van der Waals surface area contributed by atoms with Crippen LogP contribution in [0, 0.1) is 6.92 Å². The predicted molar refractivity (Wildman–Crippen MR) is 102 cm³/mol. The Labute approximate surface area is 152 Å². The summed E-state index contributed by atoms with van der Waals surface area (Å²) in [5.74, 6) is -0.358. The van der Waals surface area contributed by atoms with Crippen LogP contribution in [0.3, 0.4) is 0 Å². The fourth-order valence-electron chi connectivity index (χ4n) is 2.75. The molecular formula is C21H21NO2S. The van der Waals surface area contributed by atoms with E-state index < -0.39 is 0 Å². The van der Waals surface area contributed by atoms with Gasteiger partial charge in [0.15, 0.2) is 0 Å². The molecule has 0 atom stereocenters. The summed E-state index contributed by atoms with van der Waals surface area (Å²) >= 11 is 1.37. The molecule has 128 valence electrons. The summed E-state index contributed by atoms with van der Waals surface area (Å²) in [5.41, 5.74) is 2.46. The molecule has 0 saturated heterocycles. The van der Waals surface area contributed by atoms with Gasteiger partial charge in [0, 0.05) is 11.4 Å². The van der Waals surface area contributed by atoms with Crippen molar-refractivity contribution in [2.45, 2.75) is 31.6 Å². The SMILES string of the molecule is CCCCN1C(=O)C(Sc2ccccc2)=C(c2ccc(C)cc2)C1=O. The van der Waals surface area contributed by atoms with E-state index in [2.05, 4.69) is 6.92 Å². The molecule has 1 aliphatic rings. The maximum absolute atomic E-state index is 12.9. The van der Waals surface area contributed by atoms with Gasteiger partial charge in [-0.2, -0.15) is 0 Å². The Morgan fingerprint density at radius 2 is 1.60 bits per heavy atom. The van der Waals surface area contributed by atoms with E-state index in [1.807, 2.05) is 61.5 Å². The quantitative estimate of drug-likeness (QED) is 0.710. The number of thioether (sulfide) groups is 1. The lowest BCUT2D eigenvalue weighted by Crippen LogP contribution is -2.32. The number of imide groups is 1. The number of unbranched alkanes of at least 4 members (excludes halogenated alkanes) is 1. The monoisotopic (exact) mass is 351 g/mol. The first-order valence-corrected chi connectivity index (χ1v) is 9.34. The Morgan fingerprint density at radius 3 is 2.24 bits per heavy atom. The van der Waals surface area contributed by atoms with Crippen LogP contribution < -0.4 is 0 Å². The average molecular weight is 351 g/mol. The maximum atomic E-state index is 12.9. The molecule has 2 aromatic rings. The third-order valence-corrected chi connectivity index (χ3v) is 5.25. The summed E-state index contributed by atoms with van der Waals surface area (Å²) < 4.78 is 0. The number of aryl methyl sites for hydroxylation is 1. The van der Waals surface area contributed by atoms with E-state index in [1.54, 1.807) is 0 Å². The van der Waals surface area contributed by atoms with E-state index in [9.17, 15) is 9.59 Å². The first-order chi connectivity index (χ1) is 12.1. The van der Waals surface area contributed by atoms with Crippen molar-refractivity contribution in [1.29, 1.82) is 0 Å². The van der Waals surface area contributed by atoms with Gasteiger partial charge in [-0.3, -0.25) is 14.5 Å². The number of nitrogens with zero attached hydrogens (tertiary/aromatic N) is 1. The van der Waals surface area contributed by atoms with Crippen molar-refractivity contribution in [3.05, 3.63) is 70.6 Å². The highest BCUT2D eigenvalue weighted by Gasteiger charge is 2.38. The number of hydrogen-bond donors (Lipinski definition) is 0. The van der Waals surface area contributed by atoms with Crippen LogP contribution in [0.2, 0.25) is 0 Å². The second kappa shape index (κ2) is 7.70. The van der Waals surface area contributed by atoms with Crippen LogP contribution in [0.25, 0.3) is 5.57 Å². The van der Waals surface area contributed by atoms with E-state index in [4.69, 9.17) is 0 Å². The lowest BCUT2D eigenvalue weighted by molar-refractivity contribution is -0.136. The second-order valence-electron chi connectivity index (χ2n) is 6.10. The van der Waals surface area contributed by atoms with Crippen molar-refractivity contribution in [3.8, 4) is 0 Å². The Hall–Kier alpha value is -2.33. The van der Waals surface area contributed by atoms with Crippen molar-refractivity contribution in [1.82, 2.24) is 4.90 Å². The van der Waals surface area contributed by atoms with Gasteiger partial charge >= 0.3 is 0 Å². The van der Waals surface area contributed by atoms with E-state index in [1.165, 1.54) is 16.7 Å². The Kier molecular flexibility index (Phi) is 5.39. The van der Waals surface area contributed by atoms with E-state index in [0.29, 0.717) is 17.0 Å². The van der Waals surface area contributed by atoms with Crippen LogP contribution in [0.4, 0.5) is 0 Å². The molecule has 2 aromatic carbocycles. The molecule has 0 radical (unpaired) electrons. The normalized spacial score (nSPS) is 14.6. The molecule has 3 rings (SSSR count). The molecule has 0 bridgehead atoms. The molecule has 25 heavy (non-hydrogen) atoms. The lowest BCUT2D eigenvalue weighted by Gasteiger charge is -2.14. The Balaban J connectivity index is 2.02. The van der Waals surface area contributed by atoms with Crippen LogP contribution in [-0.4, -0.2) is 23.3 Å². The third-order valence-electron chi connectivity index (χ3n) is 4.16. The van der Waals surface area contributed by atoms with Crippen LogP contribution in [0.15, 0.2) is 64.4 Å². The van der Waals surface area contributed by atoms with Crippen LogP contribution in [-0.2, 0) is 9.59 Å². The van der Waals surface area contributed by atoms with Crippen LogP contribution in [0.5, 0.6) is 0 Å². The van der Waals surface area contributed by atoms with Crippen LogP contribution >= 0.6 is 11.8 Å². The Bertz CT molecular complexity index is 810. The smallest absolute Gasteiger partial charge is 0.268 e. The highest BCUT2D eigenvalue weighted by molar-refractivity contribution is 8.04. The van der Waals surface area contributed by atoms with Gasteiger partial charge in [0.05, 0.1) is 10.5 Å². The number of rotatable bonds is 6. The summed E-state index contributed by atoms with van der Waals surface area (Å²) in [5, 5.41) is 0. The van der Waals surface area contributed by atoms with Gasteiger partial charge in [0.25, 0.3) is 11.8 Å². The van der Waals surface area contributed by atoms with E-state index in [0.717, 1.165) is 28.9 Å². The fraction of sp³-hybridized carbons (Fsp3) is 0.238. The van der Waals surface area contributed by atoms with Crippen molar-refractivity contribution < 1.29 is 9.59 Å². The largest absolute Gasteiger partial charge is 0.274 e. The molecule has 0 unspecified atom stereocenters. The topological polar surface area (TPSA) is 37.4 Å². The zero-order valence-electron chi connectivity index (χ0n) is 14.5. The minimum absolute atomic E-state index is 0.178. The van der Waals surface area contributed by atoms with Gasteiger partial charge in [-0.05, 0) is 31.0 Å². The van der Waals surface area contributed by atoms with Crippen molar-refractivity contribution >= 4 is 29.1 Å². The summed E-state index contributed by atoms with van der Waals surface area (Å²) in [6.07, 6.45) is 1.76. The zero-order chi connectivity index (χ0) is 17.8. The molecule has 0 fully saturated rings. The molecule has 0 aliphatic carbocycles. The molecule has 0 aromatic heterocycles. The molecule has 1 aliphatic heterocycles. The highest BCUT2D eigenvalue weighted by Crippen LogP contribution is 2.39. The van der Waals surface area contributed by atoms with Crippen molar-refractivity contribution in [3.63, 3.8) is 0 Å². The Morgan fingerprint density at radius 1 is 0.920 bits per heavy atom. The highest BCUT2D eigenvalue weighted by atomic mass is 32.2. The first-order valence-electron chi connectivity index (χ1n) is 8.52. The maximum Gasteiger partial charge on any atom is 0.268 e. The second-order valence-corrected chi connectivity index (χ2v) is 7.18. The number of benzene rings is 2. The summed E-state index contributed by atoms with van der Waals surface area (Å²) in [6, 6.07) is 17.5. The fourth-order valence-corrected chi connectivity index (χ4v) is 3.78. The van der Waals surface area contributed by atoms with Gasteiger partial charge in [-0.25, -0.2) is 0 Å². The molecular weight excluding hydrogens is 330 g/mol.